The number of hydrogen-bond donors (Lipinski definition) is 2. The topological polar surface area (TPSA) is 91.0 Å². The summed E-state index contributed by atoms with van der Waals surface area (Å²) in [5.74, 6) is -0.279. The van der Waals surface area contributed by atoms with Crippen molar-refractivity contribution in [2.75, 3.05) is 23.3 Å². The molecule has 0 unspecified atom stereocenters. The molecule has 0 aromatic heterocycles. The van der Waals surface area contributed by atoms with Gasteiger partial charge in [0.2, 0.25) is 0 Å². The highest BCUT2D eigenvalue weighted by Gasteiger charge is 2.38. The summed E-state index contributed by atoms with van der Waals surface area (Å²) in [6.07, 6.45) is 2.22. The molecule has 2 aliphatic heterocycles. The quantitative estimate of drug-likeness (QED) is 0.675. The predicted octanol–water partition coefficient (Wildman–Crippen LogP) is 3.73. The van der Waals surface area contributed by atoms with Crippen molar-refractivity contribution in [3.63, 3.8) is 0 Å². The number of rotatable bonds is 6. The molecule has 0 bridgehead atoms. The highest BCUT2D eigenvalue weighted by Crippen LogP contribution is 2.24. The van der Waals surface area contributed by atoms with Gasteiger partial charge < -0.3 is 20.3 Å². The molecule has 0 aliphatic carbocycles. The Kier molecular flexibility index (Phi) is 6.70. The van der Waals surface area contributed by atoms with E-state index in [1.165, 1.54) is 0 Å². The van der Waals surface area contributed by atoms with Crippen LogP contribution in [0, 0.1) is 0 Å². The van der Waals surface area contributed by atoms with Gasteiger partial charge in [-0.15, -0.1) is 0 Å². The van der Waals surface area contributed by atoms with Crippen LogP contribution in [0.1, 0.15) is 31.7 Å². The molecule has 2 fully saturated rings. The van der Waals surface area contributed by atoms with Gasteiger partial charge in [-0.05, 0) is 43.0 Å². The highest BCUT2D eigenvalue weighted by molar-refractivity contribution is 6.21. The number of likely N-dealkylation sites (tertiary alicyclic amines) is 1. The summed E-state index contributed by atoms with van der Waals surface area (Å²) in [4.78, 5) is 40.2. The third-order valence-corrected chi connectivity index (χ3v) is 5.84. The van der Waals surface area contributed by atoms with Crippen molar-refractivity contribution >= 4 is 29.3 Å². The zero-order valence-corrected chi connectivity index (χ0v) is 18.1. The largest absolute Gasteiger partial charge is 0.373 e. The van der Waals surface area contributed by atoms with E-state index in [2.05, 4.69) is 10.6 Å². The average Bonchev–Trinajstić information content (AvgIpc) is 3.11. The minimum Gasteiger partial charge on any atom is -0.373 e. The van der Waals surface area contributed by atoms with Crippen LogP contribution in [0.25, 0.3) is 0 Å². The smallest absolute Gasteiger partial charge is 0.329 e. The van der Waals surface area contributed by atoms with E-state index in [1.807, 2.05) is 37.3 Å². The molecular weight excluding hydrogens is 408 g/mol. The molecular formula is C24H28N4O4. The van der Waals surface area contributed by atoms with Crippen LogP contribution in [0.4, 0.5) is 21.0 Å². The van der Waals surface area contributed by atoms with Gasteiger partial charge in [0.1, 0.15) is 6.04 Å². The number of anilines is 2. The van der Waals surface area contributed by atoms with Crippen molar-refractivity contribution in [1.82, 2.24) is 10.2 Å². The van der Waals surface area contributed by atoms with Gasteiger partial charge in [-0.25, -0.2) is 14.5 Å². The molecule has 1 atom stereocenters. The van der Waals surface area contributed by atoms with Crippen molar-refractivity contribution in [2.24, 2.45) is 0 Å². The van der Waals surface area contributed by atoms with E-state index >= 15 is 0 Å². The maximum absolute atomic E-state index is 12.7. The molecule has 0 radical (unpaired) electrons. The second-order valence-corrected chi connectivity index (χ2v) is 8.05. The summed E-state index contributed by atoms with van der Waals surface area (Å²) < 4.78 is 5.99. The summed E-state index contributed by atoms with van der Waals surface area (Å²) in [5, 5.41) is 5.55. The Morgan fingerprint density at radius 1 is 1.09 bits per heavy atom. The molecule has 5 amide bonds. The summed E-state index contributed by atoms with van der Waals surface area (Å²) >= 11 is 0. The zero-order valence-electron chi connectivity index (χ0n) is 18.1. The molecule has 2 aromatic rings. The molecule has 0 spiro atoms. The molecule has 2 saturated heterocycles. The summed E-state index contributed by atoms with van der Waals surface area (Å²) in [5.41, 5.74) is 2.12. The Balaban J connectivity index is 1.30. The predicted molar refractivity (Wildman–Crippen MR) is 121 cm³/mol. The first-order chi connectivity index (χ1) is 15.5. The lowest BCUT2D eigenvalue weighted by atomic mass is 10.1. The summed E-state index contributed by atoms with van der Waals surface area (Å²) in [6.45, 7) is 3.64. The fourth-order valence-electron chi connectivity index (χ4n) is 3.99. The maximum Gasteiger partial charge on any atom is 0.329 e. The van der Waals surface area contributed by atoms with Gasteiger partial charge >= 0.3 is 12.1 Å². The van der Waals surface area contributed by atoms with Crippen molar-refractivity contribution < 1.29 is 19.1 Å². The van der Waals surface area contributed by atoms with Crippen LogP contribution in [-0.4, -0.2) is 48.1 Å². The lowest BCUT2D eigenvalue weighted by Gasteiger charge is -2.32. The Morgan fingerprint density at radius 3 is 2.53 bits per heavy atom. The molecule has 2 aromatic carbocycles. The van der Waals surface area contributed by atoms with Gasteiger partial charge in [0.15, 0.2) is 0 Å². The number of amides is 5. The Hall–Kier alpha value is -3.39. The molecule has 2 N–H and O–H groups in total. The Bertz CT molecular complexity index is 973. The summed E-state index contributed by atoms with van der Waals surface area (Å²) in [6, 6.07) is 15.7. The first-order valence-corrected chi connectivity index (χ1v) is 11.0. The van der Waals surface area contributed by atoms with E-state index in [4.69, 9.17) is 4.74 Å². The van der Waals surface area contributed by atoms with Gasteiger partial charge in [-0.2, -0.15) is 0 Å². The van der Waals surface area contributed by atoms with Crippen LogP contribution in [0.3, 0.4) is 0 Å². The fraction of sp³-hybridized carbons (Fsp3) is 0.375. The molecule has 2 heterocycles. The van der Waals surface area contributed by atoms with E-state index in [1.54, 1.807) is 29.2 Å². The Labute approximate surface area is 187 Å². The minimum atomic E-state index is -0.508. The number of carbonyl (C=O) groups excluding carboxylic acids is 3. The second-order valence-electron chi connectivity index (χ2n) is 8.05. The van der Waals surface area contributed by atoms with Gasteiger partial charge in [0, 0.05) is 18.8 Å². The number of ether oxygens (including phenoxy) is 1. The minimum absolute atomic E-state index is 0.133. The lowest BCUT2D eigenvalue weighted by Crippen LogP contribution is -2.43. The van der Waals surface area contributed by atoms with Gasteiger partial charge in [-0.3, -0.25) is 4.79 Å². The molecule has 8 nitrogen and oxygen atoms in total. The third kappa shape index (κ3) is 4.91. The Morgan fingerprint density at radius 2 is 1.84 bits per heavy atom. The first-order valence-electron chi connectivity index (χ1n) is 11.0. The second kappa shape index (κ2) is 9.82. The van der Waals surface area contributed by atoms with E-state index in [9.17, 15) is 14.4 Å². The monoisotopic (exact) mass is 436 g/mol. The van der Waals surface area contributed by atoms with Gasteiger partial charge in [-0.1, -0.05) is 43.3 Å². The molecule has 168 valence electrons. The molecule has 4 rings (SSSR count). The standard InChI is InChI=1S/C24H28N4O4/c1-2-21-22(29)28(24(31)26-21)19-10-6-9-18(15-19)25-23(30)27-13-11-20(12-14-27)32-16-17-7-4-3-5-8-17/h3-10,15,20-21H,2,11-14,16H2,1H3,(H,25,30)(H,26,31)/t21-/m0/s1. The maximum atomic E-state index is 12.7. The van der Waals surface area contributed by atoms with Crippen LogP contribution < -0.4 is 15.5 Å². The number of nitrogens with zero attached hydrogens (tertiary/aromatic N) is 2. The van der Waals surface area contributed by atoms with Crippen molar-refractivity contribution in [2.45, 2.75) is 44.9 Å². The number of nitrogens with one attached hydrogen (secondary N) is 2. The number of hydrogen-bond acceptors (Lipinski definition) is 4. The molecule has 8 heteroatoms. The zero-order chi connectivity index (χ0) is 22.5. The van der Waals surface area contributed by atoms with Crippen LogP contribution in [-0.2, 0) is 16.1 Å². The fourth-order valence-corrected chi connectivity index (χ4v) is 3.99. The van der Waals surface area contributed by atoms with E-state index in [0.29, 0.717) is 37.5 Å². The number of imide groups is 1. The van der Waals surface area contributed by atoms with Crippen molar-refractivity contribution in [3.05, 3.63) is 60.2 Å². The van der Waals surface area contributed by atoms with Crippen LogP contribution in [0.15, 0.2) is 54.6 Å². The highest BCUT2D eigenvalue weighted by atomic mass is 16.5. The van der Waals surface area contributed by atoms with E-state index in [-0.39, 0.29) is 18.0 Å². The number of carbonyl (C=O) groups is 3. The van der Waals surface area contributed by atoms with Gasteiger partial charge in [0.25, 0.3) is 5.91 Å². The molecule has 0 saturated carbocycles. The average molecular weight is 437 g/mol. The van der Waals surface area contributed by atoms with E-state index in [0.717, 1.165) is 23.3 Å². The van der Waals surface area contributed by atoms with Gasteiger partial charge in [0.05, 0.1) is 18.4 Å². The van der Waals surface area contributed by atoms with Crippen LogP contribution >= 0.6 is 0 Å². The number of piperidine rings is 1. The molecule has 32 heavy (non-hydrogen) atoms. The number of urea groups is 2. The van der Waals surface area contributed by atoms with Crippen LogP contribution in [0.2, 0.25) is 0 Å². The SMILES string of the molecule is CC[C@@H]1NC(=O)N(c2cccc(NC(=O)N3CCC(OCc4ccccc4)CC3)c2)C1=O. The van der Waals surface area contributed by atoms with Crippen molar-refractivity contribution in [1.29, 1.82) is 0 Å². The lowest BCUT2D eigenvalue weighted by molar-refractivity contribution is -0.118. The normalized spacial score (nSPS) is 19.2. The van der Waals surface area contributed by atoms with Crippen molar-refractivity contribution in [3.8, 4) is 0 Å². The van der Waals surface area contributed by atoms with Crippen LogP contribution in [0.5, 0.6) is 0 Å². The number of benzene rings is 2. The third-order valence-electron chi connectivity index (χ3n) is 5.84. The first kappa shape index (κ1) is 21.8. The summed E-state index contributed by atoms with van der Waals surface area (Å²) in [7, 11) is 0. The molecule has 2 aliphatic rings. The van der Waals surface area contributed by atoms with E-state index < -0.39 is 12.1 Å².